The smallest absolute Gasteiger partial charge is 0.251 e. The number of terminal acetylenes is 1. The molecule has 0 aliphatic carbocycles. The molecule has 0 radical (unpaired) electrons. The average Bonchev–Trinajstić information content (AvgIpc) is 2.52. The van der Waals surface area contributed by atoms with Gasteiger partial charge in [-0.15, -0.1) is 30.4 Å². The number of hydrogen-bond donors (Lipinski definition) is 3. The molecular formula is C16H22BrIN4O. The third-order valence-corrected chi connectivity index (χ3v) is 3.23. The maximum absolute atomic E-state index is 11.9. The highest BCUT2D eigenvalue weighted by molar-refractivity contribution is 14.0. The fraction of sp³-hybridized carbons (Fsp3) is 0.375. The van der Waals surface area contributed by atoms with E-state index in [1.54, 1.807) is 12.1 Å². The first-order valence-corrected chi connectivity index (χ1v) is 7.96. The van der Waals surface area contributed by atoms with Gasteiger partial charge in [0.2, 0.25) is 0 Å². The van der Waals surface area contributed by atoms with Crippen LogP contribution < -0.4 is 16.0 Å². The Morgan fingerprint density at radius 2 is 1.96 bits per heavy atom. The minimum atomic E-state index is -0.0751. The van der Waals surface area contributed by atoms with Gasteiger partial charge in [-0.3, -0.25) is 9.79 Å². The molecule has 0 saturated carbocycles. The number of halogens is 2. The first kappa shape index (κ1) is 21.7. The van der Waals surface area contributed by atoms with Crippen LogP contribution in [0, 0.1) is 12.3 Å². The summed E-state index contributed by atoms with van der Waals surface area (Å²) in [6.45, 7) is 4.39. The standard InChI is InChI=1S/C16H21BrN4O.HI/c1-3-10-20-16(18-4-2)21-12-5-11-19-15(22)13-6-8-14(17)9-7-13;/h1,6-9H,4-5,10-12H2,2H3,(H,19,22)(H2,18,20,21);1H. The minimum Gasteiger partial charge on any atom is -0.357 e. The van der Waals surface area contributed by atoms with Gasteiger partial charge in [0.25, 0.3) is 5.91 Å². The fourth-order valence-corrected chi connectivity index (χ4v) is 1.92. The quantitative estimate of drug-likeness (QED) is 0.180. The Labute approximate surface area is 163 Å². The van der Waals surface area contributed by atoms with Gasteiger partial charge >= 0.3 is 0 Å². The van der Waals surface area contributed by atoms with Crippen LogP contribution in [0.3, 0.4) is 0 Å². The van der Waals surface area contributed by atoms with Crippen LogP contribution in [-0.2, 0) is 0 Å². The van der Waals surface area contributed by atoms with E-state index in [0.29, 0.717) is 31.2 Å². The van der Waals surface area contributed by atoms with Gasteiger partial charge in [-0.25, -0.2) is 0 Å². The first-order valence-electron chi connectivity index (χ1n) is 7.16. The molecule has 3 N–H and O–H groups in total. The first-order chi connectivity index (χ1) is 10.7. The number of nitrogens with zero attached hydrogens (tertiary/aromatic N) is 1. The Hall–Kier alpha value is -1.27. The van der Waals surface area contributed by atoms with Crippen LogP contribution in [0.5, 0.6) is 0 Å². The van der Waals surface area contributed by atoms with Crippen LogP contribution in [0.4, 0.5) is 0 Å². The molecule has 1 amide bonds. The molecule has 0 spiro atoms. The van der Waals surface area contributed by atoms with Crippen molar-refractivity contribution in [2.75, 3.05) is 26.2 Å². The van der Waals surface area contributed by atoms with Gasteiger partial charge in [-0.1, -0.05) is 21.9 Å². The van der Waals surface area contributed by atoms with Crippen molar-refractivity contribution in [2.24, 2.45) is 4.99 Å². The third kappa shape index (κ3) is 9.46. The summed E-state index contributed by atoms with van der Waals surface area (Å²) in [7, 11) is 0. The van der Waals surface area contributed by atoms with E-state index in [4.69, 9.17) is 6.42 Å². The summed E-state index contributed by atoms with van der Waals surface area (Å²) in [5.41, 5.74) is 0.649. The average molecular weight is 493 g/mol. The van der Waals surface area contributed by atoms with Crippen molar-refractivity contribution in [2.45, 2.75) is 13.3 Å². The Bertz CT molecular complexity index is 540. The predicted octanol–water partition coefficient (Wildman–Crippen LogP) is 2.38. The van der Waals surface area contributed by atoms with Gasteiger partial charge in [0.05, 0.1) is 6.54 Å². The fourth-order valence-electron chi connectivity index (χ4n) is 1.65. The number of benzene rings is 1. The number of guanidine groups is 1. The molecule has 1 aromatic carbocycles. The predicted molar refractivity (Wildman–Crippen MR) is 109 cm³/mol. The van der Waals surface area contributed by atoms with Crippen molar-refractivity contribution in [3.05, 3.63) is 34.3 Å². The van der Waals surface area contributed by atoms with E-state index < -0.39 is 0 Å². The zero-order valence-electron chi connectivity index (χ0n) is 13.1. The molecule has 0 unspecified atom stereocenters. The molecule has 126 valence electrons. The molecular weight excluding hydrogens is 471 g/mol. The largest absolute Gasteiger partial charge is 0.357 e. The molecule has 1 aromatic rings. The number of aliphatic imine (C=N–C) groups is 1. The summed E-state index contributed by atoms with van der Waals surface area (Å²) in [5, 5.41) is 8.98. The molecule has 0 fully saturated rings. The van der Waals surface area contributed by atoms with E-state index in [1.165, 1.54) is 0 Å². The van der Waals surface area contributed by atoms with Crippen molar-refractivity contribution in [3.63, 3.8) is 0 Å². The second-order valence-electron chi connectivity index (χ2n) is 4.43. The van der Waals surface area contributed by atoms with Gasteiger partial charge in [-0.05, 0) is 37.6 Å². The summed E-state index contributed by atoms with van der Waals surface area (Å²) in [5.74, 6) is 3.12. The molecule has 7 heteroatoms. The second-order valence-corrected chi connectivity index (χ2v) is 5.35. The zero-order chi connectivity index (χ0) is 16.2. The summed E-state index contributed by atoms with van der Waals surface area (Å²) in [6, 6.07) is 7.26. The molecule has 0 aliphatic heterocycles. The molecule has 23 heavy (non-hydrogen) atoms. The normalized spacial score (nSPS) is 10.2. The maximum atomic E-state index is 11.9. The summed E-state index contributed by atoms with van der Waals surface area (Å²) in [4.78, 5) is 16.3. The summed E-state index contributed by atoms with van der Waals surface area (Å²) in [6.07, 6.45) is 5.96. The number of rotatable bonds is 7. The maximum Gasteiger partial charge on any atom is 0.251 e. The van der Waals surface area contributed by atoms with E-state index >= 15 is 0 Å². The lowest BCUT2D eigenvalue weighted by atomic mass is 10.2. The van der Waals surface area contributed by atoms with E-state index in [2.05, 4.69) is 42.8 Å². The van der Waals surface area contributed by atoms with Crippen molar-refractivity contribution < 1.29 is 4.79 Å². The SMILES string of the molecule is C#CCNC(=NCCCNC(=O)c1ccc(Br)cc1)NCC.I. The molecule has 0 saturated heterocycles. The summed E-state index contributed by atoms with van der Waals surface area (Å²) < 4.78 is 0.953. The van der Waals surface area contributed by atoms with Crippen LogP contribution >= 0.6 is 39.9 Å². The van der Waals surface area contributed by atoms with Gasteiger partial charge < -0.3 is 16.0 Å². The highest BCUT2D eigenvalue weighted by Crippen LogP contribution is 2.10. The molecule has 0 aromatic heterocycles. The highest BCUT2D eigenvalue weighted by Gasteiger charge is 2.03. The second kappa shape index (κ2) is 13.2. The number of nitrogens with one attached hydrogen (secondary N) is 3. The monoisotopic (exact) mass is 492 g/mol. The van der Waals surface area contributed by atoms with Crippen LogP contribution in [0.15, 0.2) is 33.7 Å². The Kier molecular flexibility index (Phi) is 12.5. The molecule has 0 heterocycles. The van der Waals surface area contributed by atoms with Crippen molar-refractivity contribution in [1.82, 2.24) is 16.0 Å². The zero-order valence-corrected chi connectivity index (χ0v) is 17.0. The topological polar surface area (TPSA) is 65.5 Å². The van der Waals surface area contributed by atoms with Crippen LogP contribution in [0.1, 0.15) is 23.7 Å². The Morgan fingerprint density at radius 3 is 2.57 bits per heavy atom. The number of carbonyl (C=O) groups is 1. The van der Waals surface area contributed by atoms with Crippen molar-refractivity contribution in [1.29, 1.82) is 0 Å². The van der Waals surface area contributed by atoms with E-state index in [-0.39, 0.29) is 29.9 Å². The van der Waals surface area contributed by atoms with E-state index in [0.717, 1.165) is 17.4 Å². The van der Waals surface area contributed by atoms with Gasteiger partial charge in [0.1, 0.15) is 0 Å². The van der Waals surface area contributed by atoms with Gasteiger partial charge in [0.15, 0.2) is 5.96 Å². The van der Waals surface area contributed by atoms with E-state index in [9.17, 15) is 4.79 Å². The molecule has 5 nitrogen and oxygen atoms in total. The van der Waals surface area contributed by atoms with Crippen LogP contribution in [-0.4, -0.2) is 38.0 Å². The lowest BCUT2D eigenvalue weighted by molar-refractivity contribution is 0.0953. The van der Waals surface area contributed by atoms with Crippen molar-refractivity contribution >= 4 is 51.8 Å². The minimum absolute atomic E-state index is 0. The van der Waals surface area contributed by atoms with E-state index in [1.807, 2.05) is 19.1 Å². The Balaban J connectivity index is 0.00000484. The summed E-state index contributed by atoms with van der Waals surface area (Å²) >= 11 is 3.34. The number of hydrogen-bond acceptors (Lipinski definition) is 2. The van der Waals surface area contributed by atoms with Gasteiger partial charge in [-0.2, -0.15) is 0 Å². The molecule has 0 aliphatic rings. The number of amides is 1. The molecule has 1 rings (SSSR count). The lowest BCUT2D eigenvalue weighted by Crippen LogP contribution is -2.37. The lowest BCUT2D eigenvalue weighted by Gasteiger charge is -2.09. The third-order valence-electron chi connectivity index (χ3n) is 2.70. The van der Waals surface area contributed by atoms with Crippen LogP contribution in [0.25, 0.3) is 0 Å². The van der Waals surface area contributed by atoms with Gasteiger partial charge in [0, 0.05) is 29.7 Å². The number of carbonyl (C=O) groups excluding carboxylic acids is 1. The molecule has 0 atom stereocenters. The van der Waals surface area contributed by atoms with Crippen molar-refractivity contribution in [3.8, 4) is 12.3 Å². The van der Waals surface area contributed by atoms with Crippen LogP contribution in [0.2, 0.25) is 0 Å². The molecule has 0 bridgehead atoms. The Morgan fingerprint density at radius 1 is 1.26 bits per heavy atom. The highest BCUT2D eigenvalue weighted by atomic mass is 127.